The molecule has 1 saturated carbocycles. The van der Waals surface area contributed by atoms with Gasteiger partial charge >= 0.3 is 0 Å². The van der Waals surface area contributed by atoms with Crippen molar-refractivity contribution < 1.29 is 0 Å². The van der Waals surface area contributed by atoms with E-state index < -0.39 is 0 Å². The van der Waals surface area contributed by atoms with Gasteiger partial charge in [-0.15, -0.1) is 0 Å². The summed E-state index contributed by atoms with van der Waals surface area (Å²) in [5.74, 6) is 6.90. The van der Waals surface area contributed by atoms with Crippen LogP contribution in [0.25, 0.3) is 0 Å². The van der Waals surface area contributed by atoms with E-state index in [0.717, 1.165) is 24.7 Å². The molecule has 1 heterocycles. The van der Waals surface area contributed by atoms with Crippen LogP contribution in [0, 0.1) is 5.92 Å². The fraction of sp³-hybridized carbons (Fsp3) is 0.615. The average Bonchev–Trinajstić information content (AvgIpc) is 3.14. The maximum Gasteiger partial charge on any atom is 0.140 e. The number of hydrogen-bond acceptors (Lipinski definition) is 4. The largest absolute Gasteiger partial charge is 0.308 e. The number of nitrogens with zero attached hydrogens (tertiary/aromatic N) is 2. The van der Waals surface area contributed by atoms with E-state index in [2.05, 4.69) is 29.2 Å². The molecular weight excluding hydrogens is 248 g/mol. The van der Waals surface area contributed by atoms with E-state index in [-0.39, 0.29) is 0 Å². The lowest BCUT2D eigenvalue weighted by Gasteiger charge is -2.26. The van der Waals surface area contributed by atoms with E-state index in [1.54, 1.807) is 6.07 Å². The number of pyridine rings is 1. The summed E-state index contributed by atoms with van der Waals surface area (Å²) in [7, 11) is 0. The normalized spacial score (nSPS) is 15.4. The summed E-state index contributed by atoms with van der Waals surface area (Å²) in [6.45, 7) is 6.33. The van der Waals surface area contributed by atoms with Gasteiger partial charge in [-0.2, -0.15) is 0 Å². The van der Waals surface area contributed by atoms with Crippen molar-refractivity contribution in [3.05, 3.63) is 22.8 Å². The first kappa shape index (κ1) is 13.6. The maximum absolute atomic E-state index is 6.20. The highest BCUT2D eigenvalue weighted by atomic mass is 35.5. The van der Waals surface area contributed by atoms with Crippen molar-refractivity contribution >= 4 is 17.4 Å². The highest BCUT2D eigenvalue weighted by Gasteiger charge is 2.26. The highest BCUT2D eigenvalue weighted by Crippen LogP contribution is 2.31. The smallest absolute Gasteiger partial charge is 0.140 e. The van der Waals surface area contributed by atoms with Gasteiger partial charge in [-0.1, -0.05) is 11.6 Å². The van der Waals surface area contributed by atoms with Gasteiger partial charge in [0.05, 0.1) is 10.7 Å². The number of nitrogen functional groups attached to an aromatic ring is 1. The molecule has 1 fully saturated rings. The Morgan fingerprint density at radius 3 is 2.78 bits per heavy atom. The van der Waals surface area contributed by atoms with E-state index in [9.17, 15) is 0 Å². The quantitative estimate of drug-likeness (QED) is 0.615. The van der Waals surface area contributed by atoms with Crippen molar-refractivity contribution in [2.24, 2.45) is 11.8 Å². The van der Waals surface area contributed by atoms with Gasteiger partial charge in [0, 0.05) is 19.1 Å². The van der Waals surface area contributed by atoms with Crippen molar-refractivity contribution in [2.75, 3.05) is 12.0 Å². The molecule has 0 atom stereocenters. The highest BCUT2D eigenvalue weighted by molar-refractivity contribution is 6.31. The number of hydrogen-bond donors (Lipinski definition) is 2. The van der Waals surface area contributed by atoms with E-state index in [1.807, 2.05) is 6.07 Å². The van der Waals surface area contributed by atoms with Gasteiger partial charge in [0.1, 0.15) is 5.82 Å². The van der Waals surface area contributed by atoms with Gasteiger partial charge in [0.15, 0.2) is 0 Å². The number of nitrogens with two attached hydrogens (primary N) is 1. The second-order valence-corrected chi connectivity index (χ2v) is 5.64. The molecular formula is C13H21ClN4. The lowest BCUT2D eigenvalue weighted by molar-refractivity contribution is 0.201. The molecule has 4 nitrogen and oxygen atoms in total. The Bertz CT molecular complexity index is 404. The first-order valence-corrected chi connectivity index (χ1v) is 6.84. The van der Waals surface area contributed by atoms with E-state index in [0.29, 0.717) is 16.9 Å². The molecule has 1 aromatic heterocycles. The molecule has 0 aromatic carbocycles. The van der Waals surface area contributed by atoms with Crippen LogP contribution in [0.15, 0.2) is 12.1 Å². The zero-order valence-electron chi connectivity index (χ0n) is 11.0. The Balaban J connectivity index is 2.08. The molecule has 0 unspecified atom stereocenters. The number of anilines is 1. The third-order valence-electron chi connectivity index (χ3n) is 3.34. The van der Waals surface area contributed by atoms with Crippen molar-refractivity contribution in [2.45, 2.75) is 39.3 Å². The maximum atomic E-state index is 6.20. The molecule has 0 bridgehead atoms. The van der Waals surface area contributed by atoms with E-state index >= 15 is 0 Å². The number of aromatic nitrogens is 1. The van der Waals surface area contributed by atoms with Crippen LogP contribution in [0.5, 0.6) is 0 Å². The van der Waals surface area contributed by atoms with Crippen molar-refractivity contribution in [1.82, 2.24) is 9.88 Å². The van der Waals surface area contributed by atoms with Crippen LogP contribution >= 0.6 is 11.6 Å². The summed E-state index contributed by atoms with van der Waals surface area (Å²) in [6.07, 6.45) is 2.71. The predicted molar refractivity (Wildman–Crippen MR) is 75.3 cm³/mol. The van der Waals surface area contributed by atoms with Crippen LogP contribution in [-0.4, -0.2) is 22.5 Å². The van der Waals surface area contributed by atoms with Crippen molar-refractivity contribution in [3.63, 3.8) is 0 Å². The zero-order chi connectivity index (χ0) is 13.1. The fourth-order valence-electron chi connectivity index (χ4n) is 1.96. The zero-order valence-corrected chi connectivity index (χ0v) is 11.7. The third-order valence-corrected chi connectivity index (χ3v) is 3.68. The average molecular weight is 269 g/mol. The molecule has 0 radical (unpaired) electrons. The minimum Gasteiger partial charge on any atom is -0.308 e. The van der Waals surface area contributed by atoms with Gasteiger partial charge in [0.2, 0.25) is 0 Å². The molecule has 100 valence electrons. The number of nitrogens with one attached hydrogen (secondary N) is 1. The molecule has 0 saturated heterocycles. The standard InChI is InChI=1S/C13H21ClN4/c1-9(2)18(7-10-3-4-10)8-12-11(14)5-6-13(16-12)17-15/h5-6,9-10H,3-4,7-8,15H2,1-2H3,(H,16,17). The van der Waals surface area contributed by atoms with Crippen LogP contribution in [0.2, 0.25) is 5.02 Å². The lowest BCUT2D eigenvalue weighted by Crippen LogP contribution is -2.32. The predicted octanol–water partition coefficient (Wildman–Crippen LogP) is 2.64. The number of rotatable bonds is 6. The molecule has 1 aliphatic carbocycles. The lowest BCUT2D eigenvalue weighted by atomic mass is 10.2. The molecule has 18 heavy (non-hydrogen) atoms. The molecule has 3 N–H and O–H groups in total. The summed E-state index contributed by atoms with van der Waals surface area (Å²) in [5, 5.41) is 0.704. The summed E-state index contributed by atoms with van der Waals surface area (Å²) >= 11 is 6.20. The second-order valence-electron chi connectivity index (χ2n) is 5.24. The molecule has 5 heteroatoms. The summed E-state index contributed by atoms with van der Waals surface area (Å²) in [6, 6.07) is 4.12. The Morgan fingerprint density at radius 2 is 2.22 bits per heavy atom. The van der Waals surface area contributed by atoms with Crippen molar-refractivity contribution in [1.29, 1.82) is 0 Å². The summed E-state index contributed by atoms with van der Waals surface area (Å²) < 4.78 is 0. The van der Waals surface area contributed by atoms with Crippen molar-refractivity contribution in [3.8, 4) is 0 Å². The first-order valence-electron chi connectivity index (χ1n) is 6.46. The Hall–Kier alpha value is -0.840. The molecule has 1 aromatic rings. The number of hydrazine groups is 1. The molecule has 1 aliphatic rings. The molecule has 0 amide bonds. The fourth-order valence-corrected chi connectivity index (χ4v) is 2.12. The first-order chi connectivity index (χ1) is 8.60. The van der Waals surface area contributed by atoms with E-state index in [1.165, 1.54) is 12.8 Å². The Morgan fingerprint density at radius 1 is 1.50 bits per heavy atom. The molecule has 0 spiro atoms. The minimum absolute atomic E-state index is 0.498. The van der Waals surface area contributed by atoms with Crippen LogP contribution in [0.4, 0.5) is 5.82 Å². The van der Waals surface area contributed by atoms with E-state index in [4.69, 9.17) is 17.4 Å². The molecule has 2 rings (SSSR count). The van der Waals surface area contributed by atoms with Gasteiger partial charge in [-0.3, -0.25) is 4.90 Å². The van der Waals surface area contributed by atoms with Gasteiger partial charge in [-0.25, -0.2) is 10.8 Å². The topological polar surface area (TPSA) is 54.2 Å². The van der Waals surface area contributed by atoms with Crippen LogP contribution in [0.1, 0.15) is 32.4 Å². The SMILES string of the molecule is CC(C)N(Cc1nc(NN)ccc1Cl)CC1CC1. The molecule has 0 aliphatic heterocycles. The van der Waals surface area contributed by atoms with Gasteiger partial charge in [0.25, 0.3) is 0 Å². The number of halogens is 1. The van der Waals surface area contributed by atoms with Crippen LogP contribution < -0.4 is 11.3 Å². The minimum atomic E-state index is 0.498. The van der Waals surface area contributed by atoms with Gasteiger partial charge < -0.3 is 5.43 Å². The third kappa shape index (κ3) is 3.57. The van der Waals surface area contributed by atoms with Crippen LogP contribution in [-0.2, 0) is 6.54 Å². The summed E-state index contributed by atoms with van der Waals surface area (Å²) in [4.78, 5) is 6.85. The second kappa shape index (κ2) is 5.87. The van der Waals surface area contributed by atoms with Crippen LogP contribution in [0.3, 0.4) is 0 Å². The summed E-state index contributed by atoms with van der Waals surface area (Å²) in [5.41, 5.74) is 3.45. The Kier molecular flexibility index (Phi) is 4.43. The Labute approximate surface area is 113 Å². The van der Waals surface area contributed by atoms with Gasteiger partial charge in [-0.05, 0) is 44.7 Å². The monoisotopic (exact) mass is 268 g/mol.